The van der Waals surface area contributed by atoms with E-state index >= 15 is 0 Å². The largest absolute Gasteiger partial charge is 0.495 e. The van der Waals surface area contributed by atoms with E-state index in [1.807, 2.05) is 6.20 Å². The van der Waals surface area contributed by atoms with Gasteiger partial charge in [-0.05, 0) is 49.9 Å². The number of ether oxygens (including phenoxy) is 1. The van der Waals surface area contributed by atoms with Gasteiger partial charge in [0.1, 0.15) is 22.5 Å². The van der Waals surface area contributed by atoms with Gasteiger partial charge in [-0.3, -0.25) is 15.0 Å². The van der Waals surface area contributed by atoms with E-state index in [1.165, 1.54) is 5.56 Å². The first-order chi connectivity index (χ1) is 16.1. The monoisotopic (exact) mass is 454 g/mol. The Morgan fingerprint density at radius 2 is 2.12 bits per heavy atom. The van der Waals surface area contributed by atoms with Crippen molar-refractivity contribution < 1.29 is 14.6 Å². The highest BCUT2D eigenvalue weighted by molar-refractivity contribution is 5.89. The summed E-state index contributed by atoms with van der Waals surface area (Å²) in [6.45, 7) is 5.20. The first-order valence-electron chi connectivity index (χ1n) is 11.3. The molecule has 1 aliphatic heterocycles. The minimum Gasteiger partial charge on any atom is -0.495 e. The predicted octanol–water partition coefficient (Wildman–Crippen LogP) is 3.05. The molecule has 3 aromatic rings. The SMILES string of the molecule is CCCCNc1nc(NC(=O)O)nc2cnn(Cc3ncc(C4CCNCC4)cc3OC)c12. The molecule has 33 heavy (non-hydrogen) atoms. The summed E-state index contributed by atoms with van der Waals surface area (Å²) in [6, 6.07) is 2.08. The van der Waals surface area contributed by atoms with E-state index < -0.39 is 6.09 Å². The van der Waals surface area contributed by atoms with Gasteiger partial charge >= 0.3 is 6.09 Å². The van der Waals surface area contributed by atoms with E-state index in [1.54, 1.807) is 18.0 Å². The van der Waals surface area contributed by atoms with E-state index in [0.29, 0.717) is 35.9 Å². The summed E-state index contributed by atoms with van der Waals surface area (Å²) in [6.07, 6.45) is 6.47. The fourth-order valence-electron chi connectivity index (χ4n) is 4.08. The van der Waals surface area contributed by atoms with Gasteiger partial charge in [0.05, 0.1) is 19.9 Å². The van der Waals surface area contributed by atoms with E-state index in [0.717, 1.165) is 50.2 Å². The first kappa shape index (κ1) is 22.7. The maximum atomic E-state index is 11.1. The molecule has 0 atom stereocenters. The smallest absolute Gasteiger partial charge is 0.411 e. The minimum atomic E-state index is -1.22. The number of nitrogens with one attached hydrogen (secondary N) is 3. The molecule has 0 bridgehead atoms. The molecule has 3 aromatic heterocycles. The molecule has 0 unspecified atom stereocenters. The lowest BCUT2D eigenvalue weighted by Crippen LogP contribution is -2.26. The topological polar surface area (TPSA) is 139 Å². The van der Waals surface area contributed by atoms with E-state index in [2.05, 4.69) is 44.0 Å². The number of anilines is 2. The van der Waals surface area contributed by atoms with Crippen LogP contribution in [0.3, 0.4) is 0 Å². The van der Waals surface area contributed by atoms with Crippen molar-refractivity contribution in [2.24, 2.45) is 0 Å². The number of nitrogens with zero attached hydrogens (tertiary/aromatic N) is 5. The molecule has 4 rings (SSSR count). The molecule has 4 heterocycles. The third-order valence-corrected chi connectivity index (χ3v) is 5.81. The molecular formula is C22H30N8O3. The average Bonchev–Trinajstić information content (AvgIpc) is 3.22. The molecule has 4 N–H and O–H groups in total. The number of amides is 1. The fraction of sp³-hybridized carbons (Fsp3) is 0.500. The Labute approximate surface area is 192 Å². The molecule has 1 fully saturated rings. The summed E-state index contributed by atoms with van der Waals surface area (Å²) in [5.41, 5.74) is 3.18. The number of carboxylic acid groups (broad SMARTS) is 1. The zero-order chi connectivity index (χ0) is 23.2. The van der Waals surface area contributed by atoms with Gasteiger partial charge in [0.15, 0.2) is 5.82 Å². The summed E-state index contributed by atoms with van der Waals surface area (Å²) < 4.78 is 7.44. The lowest BCUT2D eigenvalue weighted by atomic mass is 9.91. The fourth-order valence-corrected chi connectivity index (χ4v) is 4.08. The van der Waals surface area contributed by atoms with Crippen LogP contribution in [0.1, 0.15) is 49.8 Å². The molecule has 11 heteroatoms. The molecule has 1 aliphatic rings. The van der Waals surface area contributed by atoms with Gasteiger partial charge in [-0.25, -0.2) is 9.78 Å². The van der Waals surface area contributed by atoms with Crippen LogP contribution in [0, 0.1) is 0 Å². The van der Waals surface area contributed by atoms with E-state index in [9.17, 15) is 4.79 Å². The Hall–Kier alpha value is -3.47. The van der Waals surface area contributed by atoms with Gasteiger partial charge in [0.25, 0.3) is 0 Å². The Morgan fingerprint density at radius 1 is 1.30 bits per heavy atom. The van der Waals surface area contributed by atoms with Crippen LogP contribution in [0.2, 0.25) is 0 Å². The third-order valence-electron chi connectivity index (χ3n) is 5.81. The van der Waals surface area contributed by atoms with Crippen molar-refractivity contribution in [2.45, 2.75) is 45.1 Å². The Bertz CT molecular complexity index is 1110. The molecule has 1 amide bonds. The third kappa shape index (κ3) is 5.30. The molecule has 0 aromatic carbocycles. The summed E-state index contributed by atoms with van der Waals surface area (Å²) in [4.78, 5) is 24.5. The Kier molecular flexibility index (Phi) is 7.18. The lowest BCUT2D eigenvalue weighted by molar-refractivity contribution is 0.209. The lowest BCUT2D eigenvalue weighted by Gasteiger charge is -2.23. The molecule has 11 nitrogen and oxygen atoms in total. The van der Waals surface area contributed by atoms with Gasteiger partial charge in [-0.2, -0.15) is 10.1 Å². The number of rotatable bonds is 9. The molecule has 176 valence electrons. The number of hydrogen-bond donors (Lipinski definition) is 4. The second-order valence-corrected chi connectivity index (χ2v) is 8.08. The maximum absolute atomic E-state index is 11.1. The average molecular weight is 455 g/mol. The highest BCUT2D eigenvalue weighted by Crippen LogP contribution is 2.30. The van der Waals surface area contributed by atoms with Crippen molar-refractivity contribution in [3.8, 4) is 5.75 Å². The van der Waals surface area contributed by atoms with Crippen LogP contribution in [-0.4, -0.2) is 62.7 Å². The zero-order valence-electron chi connectivity index (χ0n) is 19.0. The molecule has 0 aliphatic carbocycles. The van der Waals surface area contributed by atoms with Crippen molar-refractivity contribution in [3.05, 3.63) is 29.7 Å². The van der Waals surface area contributed by atoms with Gasteiger partial charge in [0, 0.05) is 12.7 Å². The number of pyridine rings is 1. The maximum Gasteiger partial charge on any atom is 0.411 e. The van der Waals surface area contributed by atoms with Crippen molar-refractivity contribution in [1.82, 2.24) is 30.0 Å². The van der Waals surface area contributed by atoms with Gasteiger partial charge in [-0.15, -0.1) is 0 Å². The van der Waals surface area contributed by atoms with Gasteiger partial charge < -0.3 is 20.5 Å². The molecule has 0 spiro atoms. The number of methoxy groups -OCH3 is 1. The second-order valence-electron chi connectivity index (χ2n) is 8.08. The molecular weight excluding hydrogens is 424 g/mol. The van der Waals surface area contributed by atoms with E-state index in [-0.39, 0.29) is 5.95 Å². The van der Waals surface area contributed by atoms with Crippen LogP contribution in [0.5, 0.6) is 5.75 Å². The van der Waals surface area contributed by atoms with Crippen LogP contribution in [0.4, 0.5) is 16.6 Å². The normalized spacial score (nSPS) is 14.4. The molecule has 0 saturated carbocycles. The number of carbonyl (C=O) groups is 1. The van der Waals surface area contributed by atoms with Crippen LogP contribution in [-0.2, 0) is 6.54 Å². The highest BCUT2D eigenvalue weighted by Gasteiger charge is 2.20. The van der Waals surface area contributed by atoms with Gasteiger partial charge in [-0.1, -0.05) is 13.3 Å². The standard InChI is InChI=1S/C22H30N8O3/c1-3-4-7-24-20-19-16(27-21(28-20)29-22(31)32)12-26-30(19)13-17-18(33-2)10-15(11-25-17)14-5-8-23-9-6-14/h10-12,14,23H,3-9,13H2,1-2H3,(H,31,32)(H2,24,27,28,29). The van der Waals surface area contributed by atoms with Crippen molar-refractivity contribution in [3.63, 3.8) is 0 Å². The van der Waals surface area contributed by atoms with E-state index in [4.69, 9.17) is 14.8 Å². The molecule has 1 saturated heterocycles. The minimum absolute atomic E-state index is 0.00980. The number of aromatic nitrogens is 5. The highest BCUT2D eigenvalue weighted by atomic mass is 16.5. The molecule has 0 radical (unpaired) electrons. The summed E-state index contributed by atoms with van der Waals surface area (Å²) >= 11 is 0. The van der Waals surface area contributed by atoms with Crippen molar-refractivity contribution in [1.29, 1.82) is 0 Å². The van der Waals surface area contributed by atoms with Crippen molar-refractivity contribution in [2.75, 3.05) is 37.4 Å². The van der Waals surface area contributed by atoms with Crippen LogP contribution < -0.4 is 20.7 Å². The Balaban J connectivity index is 1.65. The number of hydrogen-bond acceptors (Lipinski definition) is 8. The van der Waals surface area contributed by atoms with Gasteiger partial charge in [0.2, 0.25) is 5.95 Å². The first-order valence-corrected chi connectivity index (χ1v) is 11.3. The summed E-state index contributed by atoms with van der Waals surface area (Å²) in [7, 11) is 1.65. The number of unbranched alkanes of at least 4 members (excludes halogenated alkanes) is 1. The second kappa shape index (κ2) is 10.4. The van der Waals surface area contributed by atoms with Crippen LogP contribution in [0.15, 0.2) is 18.5 Å². The van der Waals surface area contributed by atoms with Crippen LogP contribution >= 0.6 is 0 Å². The zero-order valence-corrected chi connectivity index (χ0v) is 19.0. The predicted molar refractivity (Wildman–Crippen MR) is 125 cm³/mol. The summed E-state index contributed by atoms with van der Waals surface area (Å²) in [5, 5.41) is 22.4. The summed E-state index contributed by atoms with van der Waals surface area (Å²) in [5.74, 6) is 1.74. The van der Waals surface area contributed by atoms with Crippen molar-refractivity contribution >= 4 is 28.9 Å². The number of piperidine rings is 1. The Morgan fingerprint density at radius 3 is 2.85 bits per heavy atom. The number of fused-ring (bicyclic) bond motifs is 1. The quantitative estimate of drug-likeness (QED) is 0.359. The van der Waals surface area contributed by atoms with Crippen LogP contribution in [0.25, 0.3) is 11.0 Å².